The Morgan fingerprint density at radius 3 is 2.47 bits per heavy atom. The standard InChI is InChI=1S/C12H13ClO2/c1-12(2,8-3-9-14)15-11-6-4-10(13)5-7-11/h4-7,14H,9H2,1-2H3. The summed E-state index contributed by atoms with van der Waals surface area (Å²) in [7, 11) is 0. The van der Waals surface area contributed by atoms with E-state index in [4.69, 9.17) is 21.4 Å². The molecule has 0 radical (unpaired) electrons. The summed E-state index contributed by atoms with van der Waals surface area (Å²) in [4.78, 5) is 0. The molecule has 0 saturated heterocycles. The van der Waals surface area contributed by atoms with Crippen molar-refractivity contribution in [3.8, 4) is 17.6 Å². The molecule has 1 rings (SSSR count). The zero-order valence-electron chi connectivity index (χ0n) is 8.75. The van der Waals surface area contributed by atoms with E-state index in [1.807, 2.05) is 13.8 Å². The molecular weight excluding hydrogens is 212 g/mol. The van der Waals surface area contributed by atoms with Crippen molar-refractivity contribution in [1.82, 2.24) is 0 Å². The van der Waals surface area contributed by atoms with E-state index in [1.54, 1.807) is 24.3 Å². The fourth-order valence-electron chi connectivity index (χ4n) is 1.08. The van der Waals surface area contributed by atoms with Crippen molar-refractivity contribution in [3.63, 3.8) is 0 Å². The number of rotatable bonds is 2. The minimum atomic E-state index is -0.615. The fourth-order valence-corrected chi connectivity index (χ4v) is 1.20. The van der Waals surface area contributed by atoms with Crippen LogP contribution in [0.4, 0.5) is 0 Å². The maximum absolute atomic E-state index is 8.59. The van der Waals surface area contributed by atoms with Gasteiger partial charge in [0.15, 0.2) is 5.60 Å². The normalized spacial score (nSPS) is 10.4. The number of benzene rings is 1. The SMILES string of the molecule is CC(C)(C#CCO)Oc1ccc(Cl)cc1. The lowest BCUT2D eigenvalue weighted by atomic mass is 10.1. The van der Waals surface area contributed by atoms with E-state index in [1.165, 1.54) is 0 Å². The van der Waals surface area contributed by atoms with Crippen molar-refractivity contribution in [2.45, 2.75) is 19.4 Å². The molecule has 0 atom stereocenters. The molecule has 0 fully saturated rings. The molecule has 0 saturated carbocycles. The van der Waals surface area contributed by atoms with Crippen molar-refractivity contribution >= 4 is 11.6 Å². The van der Waals surface area contributed by atoms with Crippen LogP contribution < -0.4 is 4.74 Å². The largest absolute Gasteiger partial charge is 0.475 e. The monoisotopic (exact) mass is 224 g/mol. The molecule has 15 heavy (non-hydrogen) atoms. The van der Waals surface area contributed by atoms with Gasteiger partial charge in [-0.3, -0.25) is 0 Å². The number of aliphatic hydroxyl groups excluding tert-OH is 1. The van der Waals surface area contributed by atoms with Gasteiger partial charge in [-0.05, 0) is 38.1 Å². The Balaban J connectivity index is 2.72. The van der Waals surface area contributed by atoms with E-state index in [0.29, 0.717) is 10.8 Å². The molecule has 0 bridgehead atoms. The summed E-state index contributed by atoms with van der Waals surface area (Å²) in [6.07, 6.45) is 0. The number of ether oxygens (including phenoxy) is 1. The third-order valence-corrected chi connectivity index (χ3v) is 1.91. The molecule has 0 heterocycles. The van der Waals surface area contributed by atoms with E-state index in [-0.39, 0.29) is 6.61 Å². The van der Waals surface area contributed by atoms with Crippen LogP contribution in [0.5, 0.6) is 5.75 Å². The van der Waals surface area contributed by atoms with E-state index in [2.05, 4.69) is 11.8 Å². The second-order valence-electron chi connectivity index (χ2n) is 3.53. The number of hydrogen-bond donors (Lipinski definition) is 1. The quantitative estimate of drug-likeness (QED) is 0.783. The van der Waals surface area contributed by atoms with Crippen LogP contribution in [0.3, 0.4) is 0 Å². The highest BCUT2D eigenvalue weighted by Gasteiger charge is 2.15. The van der Waals surface area contributed by atoms with Crippen LogP contribution in [0.1, 0.15) is 13.8 Å². The zero-order chi connectivity index (χ0) is 11.3. The van der Waals surface area contributed by atoms with Gasteiger partial charge >= 0.3 is 0 Å². The molecule has 1 N–H and O–H groups in total. The van der Waals surface area contributed by atoms with Gasteiger partial charge in [-0.1, -0.05) is 23.4 Å². The lowest BCUT2D eigenvalue weighted by Gasteiger charge is -2.20. The first kappa shape index (κ1) is 11.9. The molecule has 1 aromatic carbocycles. The number of aliphatic hydroxyl groups is 1. The maximum atomic E-state index is 8.59. The summed E-state index contributed by atoms with van der Waals surface area (Å²) in [5.74, 6) is 6.10. The average Bonchev–Trinajstić information content (AvgIpc) is 2.18. The predicted octanol–water partition coefficient (Wildman–Crippen LogP) is 2.49. The fraction of sp³-hybridized carbons (Fsp3) is 0.333. The molecule has 0 aliphatic heterocycles. The van der Waals surface area contributed by atoms with Crippen molar-refractivity contribution in [3.05, 3.63) is 29.3 Å². The Labute approximate surface area is 94.8 Å². The van der Waals surface area contributed by atoms with Crippen molar-refractivity contribution in [2.75, 3.05) is 6.61 Å². The zero-order valence-corrected chi connectivity index (χ0v) is 9.51. The van der Waals surface area contributed by atoms with Crippen LogP contribution in [0, 0.1) is 11.8 Å². The van der Waals surface area contributed by atoms with Gasteiger partial charge < -0.3 is 9.84 Å². The van der Waals surface area contributed by atoms with Crippen molar-refractivity contribution in [2.24, 2.45) is 0 Å². The summed E-state index contributed by atoms with van der Waals surface area (Å²) in [5.41, 5.74) is -0.615. The minimum absolute atomic E-state index is 0.159. The van der Waals surface area contributed by atoms with Gasteiger partial charge in [0, 0.05) is 5.02 Å². The molecule has 3 heteroatoms. The van der Waals surface area contributed by atoms with Gasteiger partial charge in [-0.15, -0.1) is 0 Å². The first-order chi connectivity index (χ1) is 7.03. The van der Waals surface area contributed by atoms with Gasteiger partial charge in [0.25, 0.3) is 0 Å². The molecular formula is C12H13ClO2. The second kappa shape index (κ2) is 5.06. The van der Waals surface area contributed by atoms with E-state index in [0.717, 1.165) is 0 Å². The summed E-state index contributed by atoms with van der Waals surface area (Å²) in [5, 5.41) is 9.25. The van der Waals surface area contributed by atoms with Crippen LogP contribution in [-0.4, -0.2) is 17.3 Å². The Hall–Kier alpha value is -1.17. The summed E-state index contributed by atoms with van der Waals surface area (Å²) < 4.78 is 5.62. The first-order valence-electron chi connectivity index (χ1n) is 4.59. The second-order valence-corrected chi connectivity index (χ2v) is 3.96. The minimum Gasteiger partial charge on any atom is -0.475 e. The lowest BCUT2D eigenvalue weighted by Crippen LogP contribution is -2.25. The van der Waals surface area contributed by atoms with Crippen LogP contribution in [0.25, 0.3) is 0 Å². The average molecular weight is 225 g/mol. The van der Waals surface area contributed by atoms with Gasteiger partial charge in [-0.2, -0.15) is 0 Å². The van der Waals surface area contributed by atoms with Gasteiger partial charge in [0.05, 0.1) is 0 Å². The molecule has 80 valence electrons. The molecule has 0 aliphatic rings. The van der Waals surface area contributed by atoms with Crippen LogP contribution in [-0.2, 0) is 0 Å². The van der Waals surface area contributed by atoms with Crippen LogP contribution in [0.15, 0.2) is 24.3 Å². The van der Waals surface area contributed by atoms with Crippen molar-refractivity contribution in [1.29, 1.82) is 0 Å². The molecule has 2 nitrogen and oxygen atoms in total. The van der Waals surface area contributed by atoms with Crippen LogP contribution >= 0.6 is 11.6 Å². The summed E-state index contributed by atoms with van der Waals surface area (Å²) >= 11 is 5.75. The highest BCUT2D eigenvalue weighted by atomic mass is 35.5. The highest BCUT2D eigenvalue weighted by molar-refractivity contribution is 6.30. The van der Waals surface area contributed by atoms with E-state index in [9.17, 15) is 0 Å². The number of halogens is 1. The topological polar surface area (TPSA) is 29.5 Å². The highest BCUT2D eigenvalue weighted by Crippen LogP contribution is 2.20. The lowest BCUT2D eigenvalue weighted by molar-refractivity contribution is 0.172. The maximum Gasteiger partial charge on any atom is 0.163 e. The summed E-state index contributed by atoms with van der Waals surface area (Å²) in [6, 6.07) is 7.08. The Morgan fingerprint density at radius 2 is 1.93 bits per heavy atom. The molecule has 0 aliphatic carbocycles. The number of hydrogen-bond acceptors (Lipinski definition) is 2. The molecule has 0 spiro atoms. The van der Waals surface area contributed by atoms with Gasteiger partial charge in [0.1, 0.15) is 12.4 Å². The third-order valence-electron chi connectivity index (χ3n) is 1.66. The predicted molar refractivity (Wildman–Crippen MR) is 61.0 cm³/mol. The van der Waals surface area contributed by atoms with Crippen LogP contribution in [0.2, 0.25) is 5.02 Å². The Kier molecular flexibility index (Phi) is 4.02. The van der Waals surface area contributed by atoms with Gasteiger partial charge in [0.2, 0.25) is 0 Å². The van der Waals surface area contributed by atoms with Gasteiger partial charge in [-0.25, -0.2) is 0 Å². The smallest absolute Gasteiger partial charge is 0.163 e. The van der Waals surface area contributed by atoms with E-state index >= 15 is 0 Å². The van der Waals surface area contributed by atoms with E-state index < -0.39 is 5.60 Å². The third kappa shape index (κ3) is 4.24. The molecule has 0 amide bonds. The molecule has 0 unspecified atom stereocenters. The van der Waals surface area contributed by atoms with Crippen molar-refractivity contribution < 1.29 is 9.84 Å². The first-order valence-corrected chi connectivity index (χ1v) is 4.97. The Morgan fingerprint density at radius 1 is 1.33 bits per heavy atom. The Bertz CT molecular complexity index is 371. The summed E-state index contributed by atoms with van der Waals surface area (Å²) in [6.45, 7) is 3.52. The molecule has 1 aromatic rings. The molecule has 0 aromatic heterocycles.